The molecule has 0 aliphatic rings. The zero-order chi connectivity index (χ0) is 13.7. The third-order valence-electron chi connectivity index (χ3n) is 3.07. The fourth-order valence-corrected chi connectivity index (χ4v) is 4.57. The van der Waals surface area contributed by atoms with Gasteiger partial charge in [-0.25, -0.2) is 0 Å². The van der Waals surface area contributed by atoms with Crippen molar-refractivity contribution in [2.45, 2.75) is 19.9 Å². The molecule has 0 aromatic heterocycles. The minimum Gasteiger partial charge on any atom is -0.312 e. The molecule has 0 aliphatic carbocycles. The molecule has 0 saturated carbocycles. The minimum atomic E-state index is -2.59. The number of hydrogen-bond donors (Lipinski definition) is 1. The molecule has 0 heterocycles. The monoisotopic (exact) mass is 273 g/mol. The topological polar surface area (TPSA) is 29.1 Å². The van der Waals surface area contributed by atoms with Crippen LogP contribution in [0.5, 0.6) is 0 Å². The van der Waals surface area contributed by atoms with Gasteiger partial charge in [-0.05, 0) is 0 Å². The van der Waals surface area contributed by atoms with Crippen molar-refractivity contribution in [1.29, 1.82) is 0 Å². The van der Waals surface area contributed by atoms with Crippen molar-refractivity contribution in [3.63, 3.8) is 0 Å². The minimum absolute atomic E-state index is 0.320. The van der Waals surface area contributed by atoms with Gasteiger partial charge in [0.2, 0.25) is 0 Å². The average Bonchev–Trinajstić information content (AvgIpc) is 2.46. The second-order valence-corrected chi connectivity index (χ2v) is 7.76. The fraction of sp³-hybridized carbons (Fsp3) is 0.250. The van der Waals surface area contributed by atoms with Crippen LogP contribution in [0.3, 0.4) is 0 Å². The quantitative estimate of drug-likeness (QED) is 0.849. The van der Waals surface area contributed by atoms with Crippen LogP contribution in [0, 0.1) is 0 Å². The van der Waals surface area contributed by atoms with Crippen molar-refractivity contribution >= 4 is 17.8 Å². The third-order valence-corrected chi connectivity index (χ3v) is 5.96. The highest BCUT2D eigenvalue weighted by Gasteiger charge is 2.26. The highest BCUT2D eigenvalue weighted by atomic mass is 31.2. The SMILES string of the molecule is CC(C)NCP(=O)(c1ccccc1)c1ccccc1. The smallest absolute Gasteiger partial charge is 0.156 e. The highest BCUT2D eigenvalue weighted by molar-refractivity contribution is 7.78. The Hall–Kier alpha value is -1.37. The largest absolute Gasteiger partial charge is 0.312 e. The first-order chi connectivity index (χ1) is 9.13. The molecule has 0 amide bonds. The molecule has 1 N–H and O–H groups in total. The van der Waals surface area contributed by atoms with Crippen LogP contribution in [-0.2, 0) is 4.57 Å². The molecule has 0 radical (unpaired) electrons. The summed E-state index contributed by atoms with van der Waals surface area (Å²) >= 11 is 0. The Morgan fingerprint density at radius 3 is 1.68 bits per heavy atom. The Balaban J connectivity index is 2.42. The third kappa shape index (κ3) is 3.34. The molecule has 0 aliphatic heterocycles. The lowest BCUT2D eigenvalue weighted by molar-refractivity contribution is 0.572. The van der Waals surface area contributed by atoms with Crippen LogP contribution in [0.25, 0.3) is 0 Å². The van der Waals surface area contributed by atoms with Crippen molar-refractivity contribution in [3.05, 3.63) is 60.7 Å². The van der Waals surface area contributed by atoms with Gasteiger partial charge >= 0.3 is 0 Å². The van der Waals surface area contributed by atoms with Crippen LogP contribution in [0.2, 0.25) is 0 Å². The van der Waals surface area contributed by atoms with Gasteiger partial charge < -0.3 is 9.88 Å². The maximum Gasteiger partial charge on any atom is 0.156 e. The summed E-state index contributed by atoms with van der Waals surface area (Å²) in [6.07, 6.45) is 0.499. The molecule has 2 aromatic carbocycles. The van der Waals surface area contributed by atoms with Crippen LogP contribution in [0.1, 0.15) is 13.8 Å². The standard InChI is InChI=1S/C16H20NOP/c1-14(2)17-13-19(18,15-9-5-3-6-10-15)16-11-7-4-8-12-16/h3-12,14,17H,13H2,1-2H3. The van der Waals surface area contributed by atoms with E-state index in [1.165, 1.54) is 0 Å². The zero-order valence-electron chi connectivity index (χ0n) is 11.4. The Bertz CT molecular complexity index is 508. The predicted octanol–water partition coefficient (Wildman–Crippen LogP) is 2.96. The lowest BCUT2D eigenvalue weighted by Crippen LogP contribution is -2.30. The molecule has 2 aromatic rings. The second-order valence-electron chi connectivity index (χ2n) is 4.93. The van der Waals surface area contributed by atoms with Crippen molar-refractivity contribution in [2.75, 3.05) is 6.29 Å². The van der Waals surface area contributed by atoms with E-state index >= 15 is 0 Å². The molecule has 100 valence electrons. The van der Waals surface area contributed by atoms with Gasteiger partial charge in [-0.2, -0.15) is 0 Å². The Kier molecular flexibility index (Phi) is 4.57. The van der Waals surface area contributed by atoms with Gasteiger partial charge in [0, 0.05) is 16.7 Å². The van der Waals surface area contributed by atoms with Crippen LogP contribution in [0.15, 0.2) is 60.7 Å². The van der Waals surface area contributed by atoms with E-state index < -0.39 is 7.14 Å². The van der Waals surface area contributed by atoms with Gasteiger partial charge in [0.1, 0.15) is 0 Å². The molecule has 3 heteroatoms. The molecular weight excluding hydrogens is 253 g/mol. The molecule has 2 rings (SSSR count). The van der Waals surface area contributed by atoms with Crippen molar-refractivity contribution in [1.82, 2.24) is 5.32 Å². The molecule has 0 unspecified atom stereocenters. The first-order valence-corrected chi connectivity index (χ1v) is 8.46. The zero-order valence-corrected chi connectivity index (χ0v) is 12.3. The molecule has 0 saturated heterocycles. The van der Waals surface area contributed by atoms with Gasteiger partial charge in [-0.1, -0.05) is 74.5 Å². The molecular formula is C16H20NOP. The van der Waals surface area contributed by atoms with E-state index in [2.05, 4.69) is 19.2 Å². The Morgan fingerprint density at radius 1 is 0.895 bits per heavy atom. The van der Waals surface area contributed by atoms with E-state index in [0.717, 1.165) is 10.6 Å². The van der Waals surface area contributed by atoms with Crippen molar-refractivity contribution < 1.29 is 4.57 Å². The average molecular weight is 273 g/mol. The van der Waals surface area contributed by atoms with Crippen LogP contribution >= 0.6 is 7.14 Å². The van der Waals surface area contributed by atoms with Gasteiger partial charge in [-0.3, -0.25) is 0 Å². The number of nitrogens with one attached hydrogen (secondary N) is 1. The van der Waals surface area contributed by atoms with E-state index in [0.29, 0.717) is 12.3 Å². The lowest BCUT2D eigenvalue weighted by Gasteiger charge is -2.21. The van der Waals surface area contributed by atoms with E-state index in [1.54, 1.807) is 0 Å². The molecule has 0 spiro atoms. The van der Waals surface area contributed by atoms with E-state index in [4.69, 9.17) is 0 Å². The van der Waals surface area contributed by atoms with Crippen LogP contribution in [0.4, 0.5) is 0 Å². The molecule has 19 heavy (non-hydrogen) atoms. The highest BCUT2D eigenvalue weighted by Crippen LogP contribution is 2.41. The molecule has 0 bridgehead atoms. The summed E-state index contributed by atoms with van der Waals surface area (Å²) in [5.74, 6) is 0. The van der Waals surface area contributed by atoms with Gasteiger partial charge in [0.15, 0.2) is 7.14 Å². The maximum atomic E-state index is 13.5. The van der Waals surface area contributed by atoms with E-state index in [-0.39, 0.29) is 0 Å². The predicted molar refractivity (Wildman–Crippen MR) is 82.9 cm³/mol. The normalized spacial score (nSPS) is 11.7. The lowest BCUT2D eigenvalue weighted by atomic mass is 10.4. The molecule has 0 fully saturated rings. The number of hydrogen-bond acceptors (Lipinski definition) is 2. The van der Waals surface area contributed by atoms with Crippen LogP contribution < -0.4 is 15.9 Å². The van der Waals surface area contributed by atoms with Crippen molar-refractivity contribution in [2.24, 2.45) is 0 Å². The summed E-state index contributed by atoms with van der Waals surface area (Å²) in [6, 6.07) is 19.8. The summed E-state index contributed by atoms with van der Waals surface area (Å²) in [4.78, 5) is 0. The Morgan fingerprint density at radius 2 is 1.32 bits per heavy atom. The summed E-state index contributed by atoms with van der Waals surface area (Å²) in [7, 11) is -2.59. The van der Waals surface area contributed by atoms with Crippen LogP contribution in [-0.4, -0.2) is 12.3 Å². The summed E-state index contributed by atoms with van der Waals surface area (Å²) in [5, 5.41) is 5.14. The van der Waals surface area contributed by atoms with Gasteiger partial charge in [-0.15, -0.1) is 0 Å². The molecule has 2 nitrogen and oxygen atoms in total. The first-order valence-electron chi connectivity index (χ1n) is 6.56. The Labute approximate surface area is 115 Å². The second kappa shape index (κ2) is 6.18. The summed E-state index contributed by atoms with van der Waals surface area (Å²) < 4.78 is 13.5. The summed E-state index contributed by atoms with van der Waals surface area (Å²) in [6.45, 7) is 4.14. The van der Waals surface area contributed by atoms with E-state index in [1.807, 2.05) is 60.7 Å². The fourth-order valence-electron chi connectivity index (χ4n) is 1.98. The maximum absolute atomic E-state index is 13.5. The van der Waals surface area contributed by atoms with Gasteiger partial charge in [0.25, 0.3) is 0 Å². The van der Waals surface area contributed by atoms with Gasteiger partial charge in [0.05, 0.1) is 6.29 Å². The number of benzene rings is 2. The van der Waals surface area contributed by atoms with E-state index in [9.17, 15) is 4.57 Å². The van der Waals surface area contributed by atoms with Crippen molar-refractivity contribution in [3.8, 4) is 0 Å². The number of rotatable bonds is 5. The summed E-state index contributed by atoms with van der Waals surface area (Å²) in [5.41, 5.74) is 0. The molecule has 0 atom stereocenters. The first kappa shape index (κ1) is 14.0.